The minimum Gasteiger partial charge on any atom is -0.469 e. The summed E-state index contributed by atoms with van der Waals surface area (Å²) in [5.41, 5.74) is 1.64. The first-order chi connectivity index (χ1) is 17.9. The van der Waals surface area contributed by atoms with Crippen LogP contribution in [0.2, 0.25) is 0 Å². The van der Waals surface area contributed by atoms with Crippen molar-refractivity contribution in [3.8, 4) is 0 Å². The summed E-state index contributed by atoms with van der Waals surface area (Å²) >= 11 is 0. The molecule has 3 amide bonds. The number of carbonyl (C=O) groups excluding carboxylic acids is 5. The van der Waals surface area contributed by atoms with Gasteiger partial charge in [0.25, 0.3) is 0 Å². The lowest BCUT2D eigenvalue weighted by Gasteiger charge is -2.32. The van der Waals surface area contributed by atoms with E-state index in [0.717, 1.165) is 11.1 Å². The number of nitrogens with one attached hydrogen (secondary N) is 2. The molecule has 2 N–H and O–H groups in total. The molecule has 196 valence electrons. The Balaban J connectivity index is 1.61. The van der Waals surface area contributed by atoms with Gasteiger partial charge >= 0.3 is 12.1 Å². The third kappa shape index (κ3) is 8.75. The molecular formula is C27H31N3O7. The quantitative estimate of drug-likeness (QED) is 0.467. The van der Waals surface area contributed by atoms with Crippen LogP contribution in [0, 0.1) is 0 Å². The predicted octanol–water partition coefficient (Wildman–Crippen LogP) is 1.76. The molecule has 1 saturated heterocycles. The zero-order valence-electron chi connectivity index (χ0n) is 20.7. The molecule has 0 spiro atoms. The lowest BCUT2D eigenvalue weighted by molar-refractivity contribution is -0.142. The van der Waals surface area contributed by atoms with Crippen molar-refractivity contribution < 1.29 is 33.4 Å². The van der Waals surface area contributed by atoms with Crippen LogP contribution in [0.3, 0.4) is 0 Å². The first-order valence-corrected chi connectivity index (χ1v) is 12.0. The van der Waals surface area contributed by atoms with Crippen LogP contribution in [0.4, 0.5) is 4.79 Å². The summed E-state index contributed by atoms with van der Waals surface area (Å²) in [5.74, 6) is -1.81. The van der Waals surface area contributed by atoms with Gasteiger partial charge in [0.1, 0.15) is 18.7 Å². The number of hydrogen-bond donors (Lipinski definition) is 2. The Bertz CT molecular complexity index is 1090. The molecule has 0 radical (unpaired) electrons. The smallest absolute Gasteiger partial charge is 0.410 e. The first-order valence-electron chi connectivity index (χ1n) is 12.0. The van der Waals surface area contributed by atoms with Crippen LogP contribution in [0.15, 0.2) is 60.7 Å². The van der Waals surface area contributed by atoms with Crippen LogP contribution in [0.25, 0.3) is 0 Å². The zero-order chi connectivity index (χ0) is 26.6. The second-order valence-corrected chi connectivity index (χ2v) is 8.65. The molecule has 2 aromatic rings. The molecule has 10 nitrogen and oxygen atoms in total. The largest absolute Gasteiger partial charge is 0.469 e. The van der Waals surface area contributed by atoms with Gasteiger partial charge in [0.05, 0.1) is 20.1 Å². The van der Waals surface area contributed by atoms with Gasteiger partial charge in [0.2, 0.25) is 11.8 Å². The van der Waals surface area contributed by atoms with Gasteiger partial charge in [-0.2, -0.15) is 0 Å². The fraction of sp³-hybridized carbons (Fsp3) is 0.370. The van der Waals surface area contributed by atoms with Gasteiger partial charge in [0, 0.05) is 25.8 Å². The molecule has 2 aromatic carbocycles. The van der Waals surface area contributed by atoms with Crippen LogP contribution >= 0.6 is 0 Å². The highest BCUT2D eigenvalue weighted by Crippen LogP contribution is 2.12. The maximum atomic E-state index is 13.2. The van der Waals surface area contributed by atoms with E-state index in [1.54, 1.807) is 0 Å². The van der Waals surface area contributed by atoms with Gasteiger partial charge in [-0.25, -0.2) is 4.79 Å². The van der Waals surface area contributed by atoms with Crippen LogP contribution in [0.1, 0.15) is 30.4 Å². The maximum absolute atomic E-state index is 13.2. The molecule has 0 bridgehead atoms. The highest BCUT2D eigenvalue weighted by molar-refractivity contribution is 5.94. The number of Topliss-reactive ketones (excluding diaryl/α,β-unsaturated/α-hetero) is 1. The van der Waals surface area contributed by atoms with Gasteiger partial charge in [-0.3, -0.25) is 19.2 Å². The average Bonchev–Trinajstić information content (AvgIpc) is 2.92. The lowest BCUT2D eigenvalue weighted by atomic mass is 10.0. The monoisotopic (exact) mass is 509 g/mol. The number of likely N-dealkylation sites (tertiary alicyclic amines) is 1. The molecule has 2 atom stereocenters. The Morgan fingerprint density at radius 2 is 1.62 bits per heavy atom. The molecule has 1 fully saturated rings. The van der Waals surface area contributed by atoms with E-state index in [4.69, 9.17) is 4.74 Å². The fourth-order valence-electron chi connectivity index (χ4n) is 3.85. The van der Waals surface area contributed by atoms with E-state index >= 15 is 0 Å². The van der Waals surface area contributed by atoms with Crippen molar-refractivity contribution in [3.05, 3.63) is 71.8 Å². The molecule has 1 unspecified atom stereocenters. The number of hydrogen-bond acceptors (Lipinski definition) is 7. The Kier molecular flexibility index (Phi) is 10.2. The van der Waals surface area contributed by atoms with E-state index in [1.165, 1.54) is 12.0 Å². The minimum atomic E-state index is -0.985. The summed E-state index contributed by atoms with van der Waals surface area (Å²) in [4.78, 5) is 63.5. The number of ketones is 1. The van der Waals surface area contributed by atoms with Crippen molar-refractivity contribution in [1.29, 1.82) is 0 Å². The van der Waals surface area contributed by atoms with Crippen molar-refractivity contribution in [1.82, 2.24) is 15.5 Å². The number of esters is 1. The average molecular weight is 510 g/mol. The van der Waals surface area contributed by atoms with Crippen LogP contribution in [-0.2, 0) is 41.7 Å². The summed E-state index contributed by atoms with van der Waals surface area (Å²) in [5, 5.41) is 5.33. The highest BCUT2D eigenvalue weighted by atomic mass is 16.6. The van der Waals surface area contributed by atoms with E-state index in [2.05, 4.69) is 15.4 Å². The predicted molar refractivity (Wildman–Crippen MR) is 133 cm³/mol. The van der Waals surface area contributed by atoms with Crippen molar-refractivity contribution in [2.24, 2.45) is 0 Å². The molecule has 0 aromatic heterocycles. The van der Waals surface area contributed by atoms with Crippen LogP contribution < -0.4 is 10.6 Å². The molecule has 3 rings (SSSR count). The minimum absolute atomic E-state index is 0.0352. The van der Waals surface area contributed by atoms with Crippen LogP contribution in [0.5, 0.6) is 0 Å². The van der Waals surface area contributed by atoms with Crippen molar-refractivity contribution in [3.63, 3.8) is 0 Å². The number of rotatable bonds is 10. The van der Waals surface area contributed by atoms with Gasteiger partial charge in [-0.1, -0.05) is 60.7 Å². The van der Waals surface area contributed by atoms with E-state index in [9.17, 15) is 24.0 Å². The Morgan fingerprint density at radius 3 is 2.27 bits per heavy atom. The maximum Gasteiger partial charge on any atom is 0.410 e. The van der Waals surface area contributed by atoms with Gasteiger partial charge in [0.15, 0.2) is 5.78 Å². The van der Waals surface area contributed by atoms with Gasteiger partial charge in [-0.05, 0) is 11.1 Å². The molecule has 1 heterocycles. The van der Waals surface area contributed by atoms with Crippen molar-refractivity contribution >= 4 is 29.7 Å². The fourth-order valence-corrected chi connectivity index (χ4v) is 3.85. The summed E-state index contributed by atoms with van der Waals surface area (Å²) < 4.78 is 9.91. The summed E-state index contributed by atoms with van der Waals surface area (Å²) in [7, 11) is 1.23. The van der Waals surface area contributed by atoms with Gasteiger partial charge < -0.3 is 25.0 Å². The number of benzene rings is 2. The normalized spacial score (nSPS) is 15.9. The Morgan fingerprint density at radius 1 is 0.973 bits per heavy atom. The third-order valence-corrected chi connectivity index (χ3v) is 5.92. The molecule has 1 aliphatic heterocycles. The SMILES string of the molecule is COC(=O)CCC(=O)N[C@@H](Cc1ccccc1)C(=O)NC1CN(C(=O)OCc2ccccc2)CCC1=O. The number of nitrogens with zero attached hydrogens (tertiary/aromatic N) is 1. The lowest BCUT2D eigenvalue weighted by Crippen LogP contribution is -2.58. The first kappa shape index (κ1) is 27.4. The van der Waals surface area contributed by atoms with Gasteiger partial charge in [-0.15, -0.1) is 0 Å². The number of methoxy groups -OCH3 is 1. The number of amides is 3. The molecular weight excluding hydrogens is 478 g/mol. The number of carbonyl (C=O) groups is 5. The number of ether oxygens (including phenoxy) is 2. The van der Waals surface area contributed by atoms with E-state index in [0.29, 0.717) is 0 Å². The van der Waals surface area contributed by atoms with Crippen molar-refractivity contribution in [2.45, 2.75) is 44.4 Å². The zero-order valence-corrected chi connectivity index (χ0v) is 20.7. The topological polar surface area (TPSA) is 131 Å². The highest BCUT2D eigenvalue weighted by Gasteiger charge is 2.33. The second-order valence-electron chi connectivity index (χ2n) is 8.65. The van der Waals surface area contributed by atoms with E-state index in [-0.39, 0.29) is 51.2 Å². The Labute approximate surface area is 215 Å². The van der Waals surface area contributed by atoms with Crippen LogP contribution in [-0.4, -0.2) is 66.8 Å². The summed E-state index contributed by atoms with van der Waals surface area (Å²) in [6, 6.07) is 16.4. The molecule has 0 saturated carbocycles. The molecule has 1 aliphatic rings. The Hall–Kier alpha value is -4.21. The van der Waals surface area contributed by atoms with E-state index < -0.39 is 36.0 Å². The number of piperidine rings is 1. The van der Waals surface area contributed by atoms with E-state index in [1.807, 2.05) is 60.7 Å². The van der Waals surface area contributed by atoms with Crippen molar-refractivity contribution in [2.75, 3.05) is 20.2 Å². The molecule has 10 heteroatoms. The second kappa shape index (κ2) is 13.8. The standard InChI is InChI=1S/C27H31N3O7/c1-36-25(33)13-12-24(32)28-21(16-19-8-4-2-5-9-19)26(34)29-22-17-30(15-14-23(22)31)27(35)37-18-20-10-6-3-7-11-20/h2-11,21-22H,12-18H2,1H3,(H,28,32)(H,29,34)/t21-,22?/m0/s1. The molecule has 0 aliphatic carbocycles. The summed E-state index contributed by atoms with van der Waals surface area (Å²) in [6.45, 7) is 0.251. The molecule has 37 heavy (non-hydrogen) atoms. The summed E-state index contributed by atoms with van der Waals surface area (Å²) in [6.07, 6.45) is -0.592. The third-order valence-electron chi connectivity index (χ3n) is 5.92.